The molecular weight excluding hydrogens is 230 g/mol. The van der Waals surface area contributed by atoms with Gasteiger partial charge in [-0.2, -0.15) is 0 Å². The lowest BCUT2D eigenvalue weighted by Gasteiger charge is -2.25. The maximum absolute atomic E-state index is 11.9. The minimum atomic E-state index is 0.0416. The maximum Gasteiger partial charge on any atom is 0.223 e. The number of nitrogens with zero attached hydrogens (tertiary/aromatic N) is 1. The molecule has 1 fully saturated rings. The third kappa shape index (κ3) is 2.48. The Morgan fingerprint density at radius 1 is 1.44 bits per heavy atom. The molecule has 1 amide bonds. The van der Waals surface area contributed by atoms with Crippen molar-refractivity contribution in [1.82, 2.24) is 4.90 Å². The molecule has 1 heterocycles. The van der Waals surface area contributed by atoms with Crippen LogP contribution in [-0.4, -0.2) is 36.2 Å². The fraction of sp³-hybridized carbons (Fsp3) is 0.500. The fourth-order valence-electron chi connectivity index (χ4n) is 2.37. The molecule has 0 bridgehead atoms. The molecule has 2 rings (SSSR count). The van der Waals surface area contributed by atoms with Crippen molar-refractivity contribution in [1.29, 1.82) is 0 Å². The van der Waals surface area contributed by atoms with Crippen LogP contribution in [0.3, 0.4) is 0 Å². The smallest absolute Gasteiger partial charge is 0.223 e. The second-order valence-corrected chi connectivity index (χ2v) is 4.75. The number of hydrogen-bond donors (Lipinski definition) is 1. The molecule has 4 nitrogen and oxygen atoms in total. The van der Waals surface area contributed by atoms with Crippen molar-refractivity contribution < 1.29 is 14.6 Å². The summed E-state index contributed by atoms with van der Waals surface area (Å²) in [6.07, 6.45) is 0.455. The van der Waals surface area contributed by atoms with Crippen LogP contribution in [0.4, 0.5) is 0 Å². The molecule has 0 saturated carbocycles. The minimum Gasteiger partial charge on any atom is -0.497 e. The van der Waals surface area contributed by atoms with Gasteiger partial charge in [-0.1, -0.05) is 12.1 Å². The van der Waals surface area contributed by atoms with Crippen LogP contribution in [0.25, 0.3) is 0 Å². The molecule has 98 valence electrons. The zero-order chi connectivity index (χ0) is 13.1. The molecule has 0 unspecified atom stereocenters. The van der Waals surface area contributed by atoms with Gasteiger partial charge in [0, 0.05) is 25.5 Å². The van der Waals surface area contributed by atoms with Crippen molar-refractivity contribution in [3.63, 3.8) is 0 Å². The average molecular weight is 249 g/mol. The number of amides is 1. The predicted octanol–water partition coefficient (Wildman–Crippen LogP) is 1.60. The Bertz CT molecular complexity index is 416. The number of rotatable bonds is 4. The number of hydrogen-bond acceptors (Lipinski definition) is 3. The second-order valence-electron chi connectivity index (χ2n) is 4.75. The molecule has 18 heavy (non-hydrogen) atoms. The predicted molar refractivity (Wildman–Crippen MR) is 68.3 cm³/mol. The zero-order valence-corrected chi connectivity index (χ0v) is 10.8. The monoisotopic (exact) mass is 249 g/mol. The van der Waals surface area contributed by atoms with Gasteiger partial charge in [-0.25, -0.2) is 0 Å². The molecule has 1 N–H and O–H groups in total. The molecule has 0 aliphatic carbocycles. The summed E-state index contributed by atoms with van der Waals surface area (Å²) in [5.41, 5.74) is 1.09. The summed E-state index contributed by atoms with van der Waals surface area (Å²) in [6.45, 7) is 2.74. The molecule has 4 heteroatoms. The number of carbonyl (C=O) groups excluding carboxylic acids is 1. The molecule has 1 aromatic rings. The Morgan fingerprint density at radius 2 is 2.11 bits per heavy atom. The molecule has 1 saturated heterocycles. The fourth-order valence-corrected chi connectivity index (χ4v) is 2.37. The van der Waals surface area contributed by atoms with Gasteiger partial charge in [-0.3, -0.25) is 4.79 Å². The van der Waals surface area contributed by atoms with Crippen molar-refractivity contribution in [2.45, 2.75) is 19.4 Å². The van der Waals surface area contributed by atoms with Crippen LogP contribution >= 0.6 is 0 Å². The Morgan fingerprint density at radius 3 is 2.61 bits per heavy atom. The Labute approximate surface area is 107 Å². The minimum absolute atomic E-state index is 0.0416. The molecule has 1 aliphatic heterocycles. The van der Waals surface area contributed by atoms with E-state index in [0.717, 1.165) is 11.3 Å². The lowest BCUT2D eigenvalue weighted by Crippen LogP contribution is -2.28. The van der Waals surface area contributed by atoms with Crippen LogP contribution < -0.4 is 4.74 Å². The SMILES string of the molecule is COc1ccc([C@H](C)N2C[C@H](CO)CC2=O)cc1. The van der Waals surface area contributed by atoms with Gasteiger partial charge in [-0.15, -0.1) is 0 Å². The highest BCUT2D eigenvalue weighted by molar-refractivity contribution is 5.79. The van der Waals surface area contributed by atoms with Crippen molar-refractivity contribution in [3.05, 3.63) is 29.8 Å². The first-order valence-corrected chi connectivity index (χ1v) is 6.20. The summed E-state index contributed by atoms with van der Waals surface area (Å²) < 4.78 is 5.12. The Kier molecular flexibility index (Phi) is 3.87. The third-order valence-electron chi connectivity index (χ3n) is 3.56. The summed E-state index contributed by atoms with van der Waals surface area (Å²) in [5, 5.41) is 9.13. The van der Waals surface area contributed by atoms with Crippen molar-refractivity contribution in [3.8, 4) is 5.75 Å². The quantitative estimate of drug-likeness (QED) is 0.881. The van der Waals surface area contributed by atoms with E-state index in [-0.39, 0.29) is 24.5 Å². The van der Waals surface area contributed by atoms with Gasteiger partial charge >= 0.3 is 0 Å². The summed E-state index contributed by atoms with van der Waals surface area (Å²) in [7, 11) is 1.63. The lowest BCUT2D eigenvalue weighted by atomic mass is 10.1. The largest absolute Gasteiger partial charge is 0.497 e. The first-order chi connectivity index (χ1) is 8.65. The average Bonchev–Trinajstić information content (AvgIpc) is 2.79. The van der Waals surface area contributed by atoms with Crippen LogP contribution in [-0.2, 0) is 4.79 Å². The molecule has 1 aromatic carbocycles. The Hall–Kier alpha value is -1.55. The number of methoxy groups -OCH3 is 1. The third-order valence-corrected chi connectivity index (χ3v) is 3.56. The molecule has 0 aromatic heterocycles. The Balaban J connectivity index is 2.10. The van der Waals surface area contributed by atoms with Gasteiger partial charge in [0.15, 0.2) is 0 Å². The highest BCUT2D eigenvalue weighted by atomic mass is 16.5. The van der Waals surface area contributed by atoms with E-state index in [9.17, 15) is 4.79 Å². The van der Waals surface area contributed by atoms with E-state index < -0.39 is 0 Å². The molecule has 1 aliphatic rings. The van der Waals surface area contributed by atoms with E-state index in [4.69, 9.17) is 9.84 Å². The summed E-state index contributed by atoms with van der Waals surface area (Å²) in [4.78, 5) is 13.7. The maximum atomic E-state index is 11.9. The van der Waals surface area contributed by atoms with Crippen LogP contribution in [0.1, 0.15) is 24.9 Å². The van der Waals surface area contributed by atoms with Gasteiger partial charge in [0.05, 0.1) is 13.2 Å². The van der Waals surface area contributed by atoms with Gasteiger partial charge in [0.25, 0.3) is 0 Å². The highest BCUT2D eigenvalue weighted by Crippen LogP contribution is 2.29. The number of likely N-dealkylation sites (tertiary alicyclic amines) is 1. The van der Waals surface area contributed by atoms with E-state index in [1.54, 1.807) is 7.11 Å². The number of aliphatic hydroxyl groups is 1. The normalized spacial score (nSPS) is 21.2. The van der Waals surface area contributed by atoms with Crippen LogP contribution in [0.15, 0.2) is 24.3 Å². The summed E-state index contributed by atoms with van der Waals surface area (Å²) in [6, 6.07) is 7.79. The van der Waals surface area contributed by atoms with E-state index >= 15 is 0 Å². The number of aliphatic hydroxyl groups excluding tert-OH is 1. The first kappa shape index (κ1) is 12.9. The van der Waals surface area contributed by atoms with Crippen LogP contribution in [0.2, 0.25) is 0 Å². The van der Waals surface area contributed by atoms with E-state index in [0.29, 0.717) is 13.0 Å². The lowest BCUT2D eigenvalue weighted by molar-refractivity contribution is -0.129. The van der Waals surface area contributed by atoms with Crippen molar-refractivity contribution in [2.75, 3.05) is 20.3 Å². The summed E-state index contributed by atoms with van der Waals surface area (Å²) in [5.74, 6) is 1.02. The number of benzene rings is 1. The van der Waals surface area contributed by atoms with Crippen molar-refractivity contribution >= 4 is 5.91 Å². The van der Waals surface area contributed by atoms with Crippen LogP contribution in [0, 0.1) is 5.92 Å². The highest BCUT2D eigenvalue weighted by Gasteiger charge is 2.32. The van der Waals surface area contributed by atoms with Gasteiger partial charge in [0.2, 0.25) is 5.91 Å². The number of ether oxygens (including phenoxy) is 1. The van der Waals surface area contributed by atoms with Crippen LogP contribution in [0.5, 0.6) is 5.75 Å². The second kappa shape index (κ2) is 5.40. The summed E-state index contributed by atoms with van der Waals surface area (Å²) >= 11 is 0. The molecule has 0 radical (unpaired) electrons. The zero-order valence-electron chi connectivity index (χ0n) is 10.8. The van der Waals surface area contributed by atoms with Gasteiger partial charge < -0.3 is 14.7 Å². The van der Waals surface area contributed by atoms with Gasteiger partial charge in [0.1, 0.15) is 5.75 Å². The number of carbonyl (C=O) groups is 1. The topological polar surface area (TPSA) is 49.8 Å². The first-order valence-electron chi connectivity index (χ1n) is 6.20. The van der Waals surface area contributed by atoms with E-state index in [1.165, 1.54) is 0 Å². The van der Waals surface area contributed by atoms with Crippen molar-refractivity contribution in [2.24, 2.45) is 5.92 Å². The van der Waals surface area contributed by atoms with E-state index in [2.05, 4.69) is 0 Å². The standard InChI is InChI=1S/C14H19NO3/c1-10(12-3-5-13(18-2)6-4-12)15-8-11(9-16)7-14(15)17/h3-6,10-11,16H,7-9H2,1-2H3/t10-,11+/m0/s1. The molecule has 0 spiro atoms. The molecular formula is C14H19NO3. The molecule has 2 atom stereocenters. The van der Waals surface area contributed by atoms with E-state index in [1.807, 2.05) is 36.1 Å². The van der Waals surface area contributed by atoms with Gasteiger partial charge in [-0.05, 0) is 24.6 Å².